The number of ether oxygens (including phenoxy) is 4. The lowest BCUT2D eigenvalue weighted by atomic mass is 9.93. The van der Waals surface area contributed by atoms with Gasteiger partial charge >= 0.3 is 5.97 Å². The molecule has 0 saturated heterocycles. The second-order valence-corrected chi connectivity index (χ2v) is 8.45. The van der Waals surface area contributed by atoms with Gasteiger partial charge in [-0.2, -0.15) is 0 Å². The number of aliphatic carboxylic acids is 1. The average Bonchev–Trinajstić information content (AvgIpc) is 2.84. The highest BCUT2D eigenvalue weighted by atomic mass is 19.1. The van der Waals surface area contributed by atoms with Crippen molar-refractivity contribution in [3.8, 4) is 28.4 Å². The van der Waals surface area contributed by atoms with Crippen LogP contribution in [0.5, 0.6) is 17.2 Å². The van der Waals surface area contributed by atoms with E-state index in [1.54, 1.807) is 19.2 Å². The lowest BCUT2D eigenvalue weighted by molar-refractivity contribution is -0.136. The van der Waals surface area contributed by atoms with Crippen LogP contribution in [0.15, 0.2) is 48.5 Å². The van der Waals surface area contributed by atoms with E-state index in [2.05, 4.69) is 0 Å². The van der Waals surface area contributed by atoms with E-state index >= 15 is 0 Å². The lowest BCUT2D eigenvalue weighted by Crippen LogP contribution is -2.07. The normalized spacial score (nSPS) is 10.8. The Bertz CT molecular complexity index is 1170. The van der Waals surface area contributed by atoms with Crippen molar-refractivity contribution in [2.24, 2.45) is 0 Å². The van der Waals surface area contributed by atoms with E-state index in [1.165, 1.54) is 6.07 Å². The van der Waals surface area contributed by atoms with Crippen LogP contribution in [0.3, 0.4) is 0 Å². The van der Waals surface area contributed by atoms with Crippen molar-refractivity contribution in [3.05, 3.63) is 76.6 Å². The first-order valence-electron chi connectivity index (χ1n) is 11.9. The molecular formula is C29H33FO6. The van der Waals surface area contributed by atoms with Crippen LogP contribution >= 0.6 is 0 Å². The Kier molecular flexibility index (Phi) is 9.70. The molecule has 0 aliphatic carbocycles. The molecule has 7 heteroatoms. The summed E-state index contributed by atoms with van der Waals surface area (Å²) in [5, 5.41) is 8.81. The van der Waals surface area contributed by atoms with Crippen LogP contribution in [-0.4, -0.2) is 38.0 Å². The Morgan fingerprint density at radius 2 is 1.69 bits per heavy atom. The van der Waals surface area contributed by atoms with Gasteiger partial charge in [0.25, 0.3) is 0 Å². The number of carboxylic acids is 1. The number of aryl methyl sites for hydroxylation is 3. The van der Waals surface area contributed by atoms with Gasteiger partial charge in [0.15, 0.2) is 0 Å². The van der Waals surface area contributed by atoms with Gasteiger partial charge in [-0.25, -0.2) is 4.39 Å². The highest BCUT2D eigenvalue weighted by Gasteiger charge is 2.15. The molecule has 3 aromatic carbocycles. The van der Waals surface area contributed by atoms with Gasteiger partial charge in [-0.15, -0.1) is 0 Å². The van der Waals surface area contributed by atoms with Crippen molar-refractivity contribution in [1.82, 2.24) is 0 Å². The molecule has 3 aromatic rings. The summed E-state index contributed by atoms with van der Waals surface area (Å²) in [5.41, 5.74) is 5.35. The monoisotopic (exact) mass is 496 g/mol. The zero-order valence-electron chi connectivity index (χ0n) is 21.2. The molecule has 0 heterocycles. The van der Waals surface area contributed by atoms with Gasteiger partial charge in [0, 0.05) is 24.7 Å². The van der Waals surface area contributed by atoms with Gasteiger partial charge in [-0.1, -0.05) is 12.1 Å². The number of benzene rings is 3. The zero-order valence-corrected chi connectivity index (χ0v) is 21.2. The minimum atomic E-state index is -0.959. The molecule has 0 saturated carbocycles. The maximum absolute atomic E-state index is 14.3. The van der Waals surface area contributed by atoms with E-state index in [4.69, 9.17) is 24.1 Å². The van der Waals surface area contributed by atoms with Gasteiger partial charge in [-0.05, 0) is 85.3 Å². The van der Waals surface area contributed by atoms with Crippen molar-refractivity contribution in [1.29, 1.82) is 0 Å². The number of carbonyl (C=O) groups is 1. The van der Waals surface area contributed by atoms with E-state index in [9.17, 15) is 9.18 Å². The predicted molar refractivity (Wildman–Crippen MR) is 137 cm³/mol. The molecule has 0 amide bonds. The molecule has 0 radical (unpaired) electrons. The van der Waals surface area contributed by atoms with Crippen LogP contribution in [0.4, 0.5) is 4.39 Å². The molecule has 0 bridgehead atoms. The number of rotatable bonds is 13. The smallest absolute Gasteiger partial charge is 0.303 e. The maximum atomic E-state index is 14.3. The first-order chi connectivity index (χ1) is 17.3. The quantitative estimate of drug-likeness (QED) is 0.287. The van der Waals surface area contributed by atoms with E-state index < -0.39 is 11.8 Å². The fraction of sp³-hybridized carbons (Fsp3) is 0.345. The van der Waals surface area contributed by atoms with E-state index in [-0.39, 0.29) is 19.4 Å². The second-order valence-electron chi connectivity index (χ2n) is 8.45. The third kappa shape index (κ3) is 7.21. The Morgan fingerprint density at radius 3 is 2.33 bits per heavy atom. The molecule has 0 fully saturated rings. The number of methoxy groups -OCH3 is 1. The van der Waals surface area contributed by atoms with Crippen LogP contribution in [-0.2, 0) is 22.6 Å². The van der Waals surface area contributed by atoms with Crippen LogP contribution < -0.4 is 14.2 Å². The highest BCUT2D eigenvalue weighted by Crippen LogP contribution is 2.37. The summed E-state index contributed by atoms with van der Waals surface area (Å²) in [7, 11) is 1.64. The molecule has 192 valence electrons. The molecule has 36 heavy (non-hydrogen) atoms. The van der Waals surface area contributed by atoms with Gasteiger partial charge in [0.1, 0.15) is 36.3 Å². The van der Waals surface area contributed by atoms with Crippen LogP contribution in [0.1, 0.15) is 35.6 Å². The largest absolute Gasteiger partial charge is 0.496 e. The van der Waals surface area contributed by atoms with E-state index in [0.29, 0.717) is 31.1 Å². The van der Waals surface area contributed by atoms with Crippen molar-refractivity contribution < 1.29 is 33.2 Å². The van der Waals surface area contributed by atoms with Crippen molar-refractivity contribution in [2.75, 3.05) is 26.9 Å². The number of halogens is 1. The summed E-state index contributed by atoms with van der Waals surface area (Å²) in [6, 6.07) is 14.4. The number of hydrogen-bond donors (Lipinski definition) is 1. The summed E-state index contributed by atoms with van der Waals surface area (Å²) in [4.78, 5) is 10.7. The van der Waals surface area contributed by atoms with Crippen LogP contribution in [0, 0.1) is 19.7 Å². The van der Waals surface area contributed by atoms with Gasteiger partial charge in [-0.3, -0.25) is 4.79 Å². The zero-order chi connectivity index (χ0) is 26.1. The fourth-order valence-electron chi connectivity index (χ4n) is 4.06. The van der Waals surface area contributed by atoms with Crippen molar-refractivity contribution >= 4 is 5.97 Å². The minimum absolute atomic E-state index is 0.120. The molecule has 0 aromatic heterocycles. The summed E-state index contributed by atoms with van der Waals surface area (Å²) < 4.78 is 37.0. The predicted octanol–water partition coefficient (Wildman–Crippen LogP) is 6.13. The summed E-state index contributed by atoms with van der Waals surface area (Å²) in [6.07, 6.45) is 0.0172. The second kappa shape index (κ2) is 12.9. The van der Waals surface area contributed by atoms with Gasteiger partial charge in [0.2, 0.25) is 0 Å². The Morgan fingerprint density at radius 1 is 0.944 bits per heavy atom. The van der Waals surface area contributed by atoms with Crippen LogP contribution in [0.2, 0.25) is 0 Å². The van der Waals surface area contributed by atoms with Gasteiger partial charge in [0.05, 0.1) is 13.7 Å². The summed E-state index contributed by atoms with van der Waals surface area (Å²) in [6.45, 7) is 7.96. The first-order valence-corrected chi connectivity index (χ1v) is 11.9. The number of carboxylic acid groups (broad SMARTS) is 1. The Labute approximate surface area is 211 Å². The van der Waals surface area contributed by atoms with Crippen LogP contribution in [0.25, 0.3) is 11.1 Å². The maximum Gasteiger partial charge on any atom is 0.303 e. The molecule has 3 rings (SSSR count). The average molecular weight is 497 g/mol. The molecule has 1 N–H and O–H groups in total. The molecule has 6 nitrogen and oxygen atoms in total. The Hall–Kier alpha value is -3.58. The molecule has 0 spiro atoms. The fourth-order valence-corrected chi connectivity index (χ4v) is 4.06. The summed E-state index contributed by atoms with van der Waals surface area (Å²) >= 11 is 0. The standard InChI is InChI=1S/C29H33FO6/c1-5-34-12-13-35-24-14-19(2)29(20(3)15-24)25-16-21(6-10-27(25)33-4)18-36-23-9-7-22(26(30)17-23)8-11-28(31)32/h6-7,9-10,14-17H,5,8,11-13,18H2,1-4H3,(H,31,32). The van der Waals surface area contributed by atoms with E-state index in [1.807, 2.05) is 51.1 Å². The third-order valence-corrected chi connectivity index (χ3v) is 5.78. The third-order valence-electron chi connectivity index (χ3n) is 5.78. The molecule has 0 aliphatic heterocycles. The Balaban J connectivity index is 1.77. The minimum Gasteiger partial charge on any atom is -0.496 e. The van der Waals surface area contributed by atoms with Crippen molar-refractivity contribution in [2.45, 2.75) is 40.2 Å². The highest BCUT2D eigenvalue weighted by molar-refractivity contribution is 5.77. The topological polar surface area (TPSA) is 74.2 Å². The lowest BCUT2D eigenvalue weighted by Gasteiger charge is -2.17. The molecular weight excluding hydrogens is 463 g/mol. The SMILES string of the molecule is CCOCCOc1cc(C)c(-c2cc(COc3ccc(CCC(=O)O)c(F)c3)ccc2OC)c(C)c1. The summed E-state index contributed by atoms with van der Waals surface area (Å²) in [5.74, 6) is 0.479. The first kappa shape index (κ1) is 27.0. The van der Waals surface area contributed by atoms with Crippen molar-refractivity contribution in [3.63, 3.8) is 0 Å². The molecule has 0 atom stereocenters. The van der Waals surface area contributed by atoms with Gasteiger partial charge < -0.3 is 24.1 Å². The molecule has 0 unspecified atom stereocenters. The molecule has 0 aliphatic rings. The number of hydrogen-bond acceptors (Lipinski definition) is 5. The van der Waals surface area contributed by atoms with E-state index in [0.717, 1.165) is 39.3 Å².